The molecule has 0 aliphatic heterocycles. The monoisotopic (exact) mass is 378 g/mol. The molecule has 0 fully saturated rings. The Labute approximate surface area is 172 Å². The van der Waals surface area contributed by atoms with Crippen molar-refractivity contribution in [2.45, 2.75) is 71.4 Å². The molecule has 2 heteroatoms. The quantitative estimate of drug-likeness (QED) is 0.349. The van der Waals surface area contributed by atoms with Crippen LogP contribution in [0.4, 0.5) is 0 Å². The van der Waals surface area contributed by atoms with Crippen molar-refractivity contribution < 1.29 is 0 Å². The Morgan fingerprint density at radius 2 is 2.07 bits per heavy atom. The molecule has 0 N–H and O–H groups in total. The summed E-state index contributed by atoms with van der Waals surface area (Å²) >= 11 is 0. The summed E-state index contributed by atoms with van der Waals surface area (Å²) in [7, 11) is 2.20. The molecule has 0 spiro atoms. The van der Waals surface area contributed by atoms with Crippen LogP contribution in [0.3, 0.4) is 0 Å². The molecule has 3 aliphatic carbocycles. The zero-order valence-electron chi connectivity index (χ0n) is 18.1. The van der Waals surface area contributed by atoms with Gasteiger partial charge in [0.15, 0.2) is 0 Å². The second-order valence-electron chi connectivity index (χ2n) is 8.69. The Hall–Kier alpha value is -1.83. The van der Waals surface area contributed by atoms with Crippen LogP contribution in [0.15, 0.2) is 65.4 Å². The molecule has 0 heterocycles. The van der Waals surface area contributed by atoms with Gasteiger partial charge in [0.05, 0.1) is 0 Å². The highest BCUT2D eigenvalue weighted by atomic mass is 15.2. The Bertz CT molecular complexity index is 691. The fourth-order valence-electron chi connectivity index (χ4n) is 4.68. The molecule has 152 valence electrons. The number of rotatable bonds is 7. The van der Waals surface area contributed by atoms with Crippen molar-refractivity contribution in [1.82, 2.24) is 4.90 Å². The predicted molar refractivity (Wildman–Crippen MR) is 122 cm³/mol. The second kappa shape index (κ2) is 10.1. The number of hydrogen-bond donors (Lipinski definition) is 0. The summed E-state index contributed by atoms with van der Waals surface area (Å²) in [5.74, 6) is 1.73. The zero-order valence-corrected chi connectivity index (χ0v) is 18.1. The van der Waals surface area contributed by atoms with E-state index >= 15 is 0 Å². The average Bonchev–Trinajstić information content (AvgIpc) is 2.77. The number of allylic oxidation sites excluding steroid dienone is 7. The minimum absolute atomic E-state index is 0.146. The topological polar surface area (TPSA) is 15.6 Å². The largest absolute Gasteiger partial charge is 0.356 e. The minimum Gasteiger partial charge on any atom is -0.356 e. The van der Waals surface area contributed by atoms with Crippen molar-refractivity contribution in [3.05, 3.63) is 60.4 Å². The van der Waals surface area contributed by atoms with E-state index in [0.29, 0.717) is 11.8 Å². The Morgan fingerprint density at radius 3 is 2.68 bits per heavy atom. The van der Waals surface area contributed by atoms with E-state index in [0.717, 1.165) is 12.3 Å². The maximum absolute atomic E-state index is 5.31. The third kappa shape index (κ3) is 5.16. The smallest absolute Gasteiger partial charge is 0.127 e. The number of nitrogens with zero attached hydrogens (tertiary/aromatic N) is 2. The lowest BCUT2D eigenvalue weighted by Gasteiger charge is -2.37. The van der Waals surface area contributed by atoms with E-state index in [1.54, 1.807) is 0 Å². The average molecular weight is 379 g/mol. The van der Waals surface area contributed by atoms with Crippen LogP contribution in [0.2, 0.25) is 0 Å². The third-order valence-corrected chi connectivity index (χ3v) is 6.82. The molecular formula is C26H38N2. The van der Waals surface area contributed by atoms with Gasteiger partial charge in [-0.25, -0.2) is 0 Å². The van der Waals surface area contributed by atoms with Gasteiger partial charge in [-0.3, -0.25) is 4.99 Å². The number of aliphatic imine (C=N–C) groups is 1. The summed E-state index contributed by atoms with van der Waals surface area (Å²) in [6.45, 7) is 9.00. The number of hydrogen-bond acceptors (Lipinski definition) is 2. The first-order valence-corrected chi connectivity index (χ1v) is 11.3. The predicted octanol–water partition coefficient (Wildman–Crippen LogP) is 6.84. The summed E-state index contributed by atoms with van der Waals surface area (Å²) in [6, 6.07) is 0. The SMILES string of the molecule is C=C(C1C=CC=CC1)N(C)C(N=C(C)C1=CCC(CC)CC1)C1C=CCCC1. The molecule has 4 unspecified atom stereocenters. The van der Waals surface area contributed by atoms with Gasteiger partial charge in [0.1, 0.15) is 6.17 Å². The lowest BCUT2D eigenvalue weighted by Crippen LogP contribution is -2.38. The van der Waals surface area contributed by atoms with E-state index < -0.39 is 0 Å². The van der Waals surface area contributed by atoms with Gasteiger partial charge in [-0.1, -0.05) is 62.5 Å². The van der Waals surface area contributed by atoms with Crippen LogP contribution in [-0.4, -0.2) is 23.8 Å². The molecule has 0 aromatic carbocycles. The highest BCUT2D eigenvalue weighted by molar-refractivity contribution is 5.98. The first kappa shape index (κ1) is 20.9. The van der Waals surface area contributed by atoms with E-state index in [9.17, 15) is 0 Å². The molecule has 0 saturated heterocycles. The third-order valence-electron chi connectivity index (χ3n) is 6.82. The van der Waals surface area contributed by atoms with Gasteiger partial charge in [0.25, 0.3) is 0 Å². The highest BCUT2D eigenvalue weighted by Gasteiger charge is 2.28. The summed E-state index contributed by atoms with van der Waals surface area (Å²) < 4.78 is 0. The molecule has 0 amide bonds. The Morgan fingerprint density at radius 1 is 1.21 bits per heavy atom. The first-order chi connectivity index (χ1) is 13.6. The minimum atomic E-state index is 0.146. The Kier molecular flexibility index (Phi) is 7.53. The molecule has 0 saturated carbocycles. The maximum atomic E-state index is 5.31. The van der Waals surface area contributed by atoms with Crippen LogP contribution in [0.1, 0.15) is 65.2 Å². The fraction of sp³-hybridized carbons (Fsp3) is 0.577. The highest BCUT2D eigenvalue weighted by Crippen LogP contribution is 2.32. The van der Waals surface area contributed by atoms with Gasteiger partial charge >= 0.3 is 0 Å². The van der Waals surface area contributed by atoms with Crippen molar-refractivity contribution in [1.29, 1.82) is 0 Å². The summed E-state index contributed by atoms with van der Waals surface area (Å²) in [4.78, 5) is 7.67. The van der Waals surface area contributed by atoms with E-state index in [4.69, 9.17) is 4.99 Å². The summed E-state index contributed by atoms with van der Waals surface area (Å²) in [6.07, 6.45) is 25.9. The van der Waals surface area contributed by atoms with Crippen molar-refractivity contribution in [2.24, 2.45) is 22.7 Å². The molecule has 0 bridgehead atoms. The van der Waals surface area contributed by atoms with Crippen LogP contribution in [0.25, 0.3) is 0 Å². The molecule has 3 rings (SSSR count). The van der Waals surface area contributed by atoms with Gasteiger partial charge in [0, 0.05) is 30.3 Å². The molecule has 0 radical (unpaired) electrons. The van der Waals surface area contributed by atoms with Crippen LogP contribution >= 0.6 is 0 Å². The maximum Gasteiger partial charge on any atom is 0.127 e. The van der Waals surface area contributed by atoms with Crippen molar-refractivity contribution in [2.75, 3.05) is 7.05 Å². The summed E-state index contributed by atoms with van der Waals surface area (Å²) in [5, 5.41) is 0. The van der Waals surface area contributed by atoms with Crippen LogP contribution in [0.5, 0.6) is 0 Å². The molecule has 3 aliphatic rings. The molecule has 0 aromatic heterocycles. The van der Waals surface area contributed by atoms with Gasteiger partial charge in [-0.15, -0.1) is 0 Å². The van der Waals surface area contributed by atoms with Gasteiger partial charge in [-0.2, -0.15) is 0 Å². The van der Waals surface area contributed by atoms with E-state index in [1.165, 1.54) is 61.9 Å². The van der Waals surface area contributed by atoms with Gasteiger partial charge in [0.2, 0.25) is 0 Å². The van der Waals surface area contributed by atoms with Crippen molar-refractivity contribution in [3.63, 3.8) is 0 Å². The van der Waals surface area contributed by atoms with E-state index in [1.807, 2.05) is 0 Å². The molecule has 0 aromatic rings. The fourth-order valence-corrected chi connectivity index (χ4v) is 4.68. The van der Waals surface area contributed by atoms with Crippen LogP contribution in [-0.2, 0) is 0 Å². The summed E-state index contributed by atoms with van der Waals surface area (Å²) in [5.41, 5.74) is 3.89. The van der Waals surface area contributed by atoms with Crippen LogP contribution < -0.4 is 0 Å². The lowest BCUT2D eigenvalue weighted by atomic mass is 9.86. The standard InChI is InChI=1S/C26H38N2/c1-5-22-16-18-23(19-17-22)20(2)27-26(25-14-10-7-11-15-25)28(4)21(3)24-12-8-6-9-13-24/h6,8-10,12,14,18,22,24-26H,3,5,7,11,13,15-17,19H2,1-2,4H3. The molecular weight excluding hydrogens is 340 g/mol. The normalized spacial score (nSPS) is 28.8. The van der Waals surface area contributed by atoms with Crippen LogP contribution in [0, 0.1) is 17.8 Å². The molecule has 2 nitrogen and oxygen atoms in total. The molecule has 28 heavy (non-hydrogen) atoms. The van der Waals surface area contributed by atoms with Crippen molar-refractivity contribution >= 4 is 5.71 Å². The zero-order chi connectivity index (χ0) is 19.9. The van der Waals surface area contributed by atoms with E-state index in [-0.39, 0.29) is 6.17 Å². The second-order valence-corrected chi connectivity index (χ2v) is 8.69. The molecule has 4 atom stereocenters. The Balaban J connectivity index is 1.80. The first-order valence-electron chi connectivity index (χ1n) is 11.3. The van der Waals surface area contributed by atoms with Crippen molar-refractivity contribution in [3.8, 4) is 0 Å². The lowest BCUT2D eigenvalue weighted by molar-refractivity contribution is 0.225. The van der Waals surface area contributed by atoms with E-state index in [2.05, 4.69) is 74.9 Å². The van der Waals surface area contributed by atoms with Gasteiger partial charge in [-0.05, 0) is 63.4 Å². The van der Waals surface area contributed by atoms with Gasteiger partial charge < -0.3 is 4.90 Å².